The molecule has 5 heteroatoms. The van der Waals surface area contributed by atoms with Crippen molar-refractivity contribution in [3.05, 3.63) is 59.7 Å². The average molecular weight is 277 g/mol. The molecule has 2 aromatic rings. The summed E-state index contributed by atoms with van der Waals surface area (Å²) in [6.07, 6.45) is 4.21. The minimum atomic E-state index is -0.526. The molecular formula is C15H17F2N3. The molecule has 0 radical (unpaired) electrons. The average Bonchev–Trinajstić information content (AvgIpc) is 2.47. The smallest absolute Gasteiger partial charge is 0.129 e. The summed E-state index contributed by atoms with van der Waals surface area (Å²) in [6.45, 7) is 2.79. The van der Waals surface area contributed by atoms with E-state index in [1.807, 2.05) is 6.92 Å². The second-order valence-electron chi connectivity index (χ2n) is 4.55. The fourth-order valence-electron chi connectivity index (χ4n) is 2.04. The first kappa shape index (κ1) is 14.5. The highest BCUT2D eigenvalue weighted by atomic mass is 19.1. The van der Waals surface area contributed by atoms with Crippen LogP contribution in [0.25, 0.3) is 0 Å². The Morgan fingerprint density at radius 2 is 1.95 bits per heavy atom. The van der Waals surface area contributed by atoms with Gasteiger partial charge in [-0.15, -0.1) is 0 Å². The fraction of sp³-hybridized carbons (Fsp3) is 0.333. The summed E-state index contributed by atoms with van der Waals surface area (Å²) >= 11 is 0. The quantitative estimate of drug-likeness (QED) is 0.882. The van der Waals surface area contributed by atoms with Crippen LogP contribution in [0.15, 0.2) is 36.8 Å². The van der Waals surface area contributed by atoms with Gasteiger partial charge in [-0.3, -0.25) is 0 Å². The van der Waals surface area contributed by atoms with Crippen LogP contribution >= 0.6 is 0 Å². The highest BCUT2D eigenvalue weighted by Gasteiger charge is 2.17. The number of rotatable bonds is 6. The summed E-state index contributed by atoms with van der Waals surface area (Å²) in [5.41, 5.74) is 0.816. The number of benzene rings is 1. The Hall–Kier alpha value is -1.88. The molecule has 106 valence electrons. The zero-order valence-electron chi connectivity index (χ0n) is 11.3. The number of hydrogen-bond donors (Lipinski definition) is 1. The van der Waals surface area contributed by atoms with Gasteiger partial charge in [0.25, 0.3) is 0 Å². The van der Waals surface area contributed by atoms with Gasteiger partial charge >= 0.3 is 0 Å². The maximum atomic E-state index is 13.7. The summed E-state index contributed by atoms with van der Waals surface area (Å²) in [4.78, 5) is 8.03. The van der Waals surface area contributed by atoms with Crippen LogP contribution in [-0.2, 0) is 6.42 Å². The minimum Gasteiger partial charge on any atom is -0.308 e. The van der Waals surface area contributed by atoms with E-state index < -0.39 is 11.6 Å². The Morgan fingerprint density at radius 1 is 1.20 bits per heavy atom. The van der Waals surface area contributed by atoms with Crippen LogP contribution in [0, 0.1) is 11.6 Å². The van der Waals surface area contributed by atoms with E-state index in [4.69, 9.17) is 0 Å². The van der Waals surface area contributed by atoms with E-state index in [0.29, 0.717) is 0 Å². The second kappa shape index (κ2) is 7.05. The maximum absolute atomic E-state index is 13.7. The molecule has 1 atom stereocenters. The van der Waals surface area contributed by atoms with E-state index in [2.05, 4.69) is 15.3 Å². The molecule has 3 nitrogen and oxygen atoms in total. The molecule has 1 heterocycles. The Labute approximate surface area is 117 Å². The summed E-state index contributed by atoms with van der Waals surface area (Å²) in [5, 5.41) is 3.27. The molecule has 0 aliphatic heterocycles. The lowest BCUT2D eigenvalue weighted by molar-refractivity contribution is 0.482. The Bertz CT molecular complexity index is 526. The number of nitrogens with one attached hydrogen (secondary N) is 1. The number of hydrogen-bond acceptors (Lipinski definition) is 3. The first-order valence-corrected chi connectivity index (χ1v) is 6.64. The molecule has 0 amide bonds. The van der Waals surface area contributed by atoms with Gasteiger partial charge in [0.2, 0.25) is 0 Å². The van der Waals surface area contributed by atoms with Gasteiger partial charge in [0, 0.05) is 11.8 Å². The van der Waals surface area contributed by atoms with Crippen molar-refractivity contribution < 1.29 is 8.78 Å². The number of nitrogens with zero attached hydrogens (tertiary/aromatic N) is 2. The molecule has 0 saturated heterocycles. The van der Waals surface area contributed by atoms with Gasteiger partial charge in [-0.2, -0.15) is 0 Å². The minimum absolute atomic E-state index is 0.0831. The molecule has 1 aromatic heterocycles. The summed E-state index contributed by atoms with van der Waals surface area (Å²) < 4.78 is 27.5. The lowest BCUT2D eigenvalue weighted by Crippen LogP contribution is -2.25. The first-order chi connectivity index (χ1) is 9.72. The molecule has 1 N–H and O–H groups in total. The van der Waals surface area contributed by atoms with E-state index in [1.54, 1.807) is 12.3 Å². The molecule has 0 bridgehead atoms. The molecule has 0 saturated carbocycles. The van der Waals surface area contributed by atoms with E-state index in [0.717, 1.165) is 18.7 Å². The summed E-state index contributed by atoms with van der Waals surface area (Å²) in [7, 11) is 0. The summed E-state index contributed by atoms with van der Waals surface area (Å²) in [5.74, 6) is -1.05. The van der Waals surface area contributed by atoms with Crippen LogP contribution in [0.1, 0.15) is 30.6 Å². The van der Waals surface area contributed by atoms with Gasteiger partial charge in [0.05, 0.1) is 11.7 Å². The van der Waals surface area contributed by atoms with Crippen LogP contribution in [-0.4, -0.2) is 16.5 Å². The molecule has 0 aliphatic carbocycles. The van der Waals surface area contributed by atoms with Crippen molar-refractivity contribution in [2.45, 2.75) is 25.8 Å². The molecule has 0 spiro atoms. The van der Waals surface area contributed by atoms with Crippen molar-refractivity contribution in [3.63, 3.8) is 0 Å². The zero-order chi connectivity index (χ0) is 14.4. The van der Waals surface area contributed by atoms with E-state index in [1.165, 1.54) is 24.5 Å². The van der Waals surface area contributed by atoms with Gasteiger partial charge in [-0.25, -0.2) is 18.7 Å². The third-order valence-corrected chi connectivity index (χ3v) is 3.07. The van der Waals surface area contributed by atoms with Crippen molar-refractivity contribution in [2.24, 2.45) is 0 Å². The molecule has 1 aromatic carbocycles. The van der Waals surface area contributed by atoms with Crippen LogP contribution in [0.2, 0.25) is 0 Å². The normalized spacial score (nSPS) is 12.3. The van der Waals surface area contributed by atoms with Gasteiger partial charge in [0.15, 0.2) is 0 Å². The number of aromatic nitrogens is 2. The van der Waals surface area contributed by atoms with E-state index >= 15 is 0 Å². The van der Waals surface area contributed by atoms with Crippen molar-refractivity contribution in [3.8, 4) is 0 Å². The van der Waals surface area contributed by atoms with Crippen molar-refractivity contribution >= 4 is 0 Å². The van der Waals surface area contributed by atoms with Crippen molar-refractivity contribution in [2.75, 3.05) is 6.54 Å². The standard InChI is InChI=1S/C15H17F2N3/c1-2-7-19-15(14-6-8-18-10-20-14)9-11-12(16)4-3-5-13(11)17/h3-6,8,10,15,19H,2,7,9H2,1H3. The van der Waals surface area contributed by atoms with Crippen LogP contribution < -0.4 is 5.32 Å². The van der Waals surface area contributed by atoms with Crippen molar-refractivity contribution in [1.29, 1.82) is 0 Å². The third-order valence-electron chi connectivity index (χ3n) is 3.07. The predicted molar refractivity (Wildman–Crippen MR) is 73.1 cm³/mol. The molecular weight excluding hydrogens is 260 g/mol. The number of halogens is 2. The molecule has 1 unspecified atom stereocenters. The maximum Gasteiger partial charge on any atom is 0.129 e. The molecule has 20 heavy (non-hydrogen) atoms. The molecule has 2 rings (SSSR count). The monoisotopic (exact) mass is 277 g/mol. The lowest BCUT2D eigenvalue weighted by Gasteiger charge is -2.18. The van der Waals surface area contributed by atoms with Gasteiger partial charge in [-0.1, -0.05) is 13.0 Å². The fourth-order valence-corrected chi connectivity index (χ4v) is 2.04. The lowest BCUT2D eigenvalue weighted by atomic mass is 10.0. The largest absolute Gasteiger partial charge is 0.308 e. The first-order valence-electron chi connectivity index (χ1n) is 6.64. The van der Waals surface area contributed by atoms with E-state index in [-0.39, 0.29) is 18.0 Å². The highest BCUT2D eigenvalue weighted by Crippen LogP contribution is 2.20. The van der Waals surface area contributed by atoms with Crippen LogP contribution in [0.4, 0.5) is 8.78 Å². The SMILES string of the molecule is CCCNC(Cc1c(F)cccc1F)c1ccncn1. The van der Waals surface area contributed by atoms with Crippen LogP contribution in [0.5, 0.6) is 0 Å². The van der Waals surface area contributed by atoms with Gasteiger partial charge in [0.1, 0.15) is 18.0 Å². The Kier molecular flexibility index (Phi) is 5.12. The Balaban J connectivity index is 2.24. The Morgan fingerprint density at radius 3 is 2.55 bits per heavy atom. The second-order valence-corrected chi connectivity index (χ2v) is 4.55. The van der Waals surface area contributed by atoms with E-state index in [9.17, 15) is 8.78 Å². The summed E-state index contributed by atoms with van der Waals surface area (Å²) in [6, 6.07) is 5.44. The predicted octanol–water partition coefficient (Wildman–Crippen LogP) is 3.04. The zero-order valence-corrected chi connectivity index (χ0v) is 11.3. The highest BCUT2D eigenvalue weighted by molar-refractivity contribution is 5.22. The van der Waals surface area contributed by atoms with Crippen molar-refractivity contribution in [1.82, 2.24) is 15.3 Å². The van der Waals surface area contributed by atoms with Gasteiger partial charge in [-0.05, 0) is 37.6 Å². The van der Waals surface area contributed by atoms with Crippen LogP contribution in [0.3, 0.4) is 0 Å². The molecule has 0 fully saturated rings. The molecule has 0 aliphatic rings. The third kappa shape index (κ3) is 3.57. The van der Waals surface area contributed by atoms with Gasteiger partial charge < -0.3 is 5.32 Å². The topological polar surface area (TPSA) is 37.8 Å².